The van der Waals surface area contributed by atoms with Gasteiger partial charge in [-0.05, 0) is 19.0 Å². The van der Waals surface area contributed by atoms with Crippen molar-refractivity contribution in [2.45, 2.75) is 6.42 Å². The molecule has 0 saturated carbocycles. The zero-order valence-corrected chi connectivity index (χ0v) is 16.5. The molecule has 7 nitrogen and oxygen atoms in total. The minimum Gasteiger partial charge on any atom is -0.543 e. The number of carboxylic acid groups (broad SMARTS) is 2. The van der Waals surface area contributed by atoms with Crippen LogP contribution in [0.15, 0.2) is 12.3 Å². The Morgan fingerprint density at radius 1 is 1.30 bits per heavy atom. The first-order valence-corrected chi connectivity index (χ1v) is 5.81. The average Bonchev–Trinajstić information content (AvgIpc) is 2.83. The molecule has 10 heteroatoms. The van der Waals surface area contributed by atoms with Gasteiger partial charge < -0.3 is 24.7 Å². The number of aliphatic carboxylic acids is 2. The first-order valence-electron chi connectivity index (χ1n) is 5.08. The van der Waals surface area contributed by atoms with Crippen LogP contribution in [-0.4, -0.2) is 45.7 Å². The Labute approximate surface area is 165 Å². The third kappa shape index (κ3) is 8.48. The predicted molar refractivity (Wildman–Crippen MR) is 60.0 cm³/mol. The van der Waals surface area contributed by atoms with Crippen LogP contribution in [0.5, 0.6) is 0 Å². The number of aromatic nitrogens is 2. The fraction of sp³-hybridized carbons (Fsp3) is 0.400. The summed E-state index contributed by atoms with van der Waals surface area (Å²) in [6.07, 6.45) is 5.23. The number of carbonyl (C=O) groups excluding carboxylic acids is 2. The standard InChI is InChI=1S/C8H11N3S.C2H2O4.2Na/c1-11-4-2-3-7(6-11)8-5-9-12-10-8;3-1(4)2(5)6;;/h3,5H,2,4,6H2,1H3;(H,3,4)(H,5,6);;/q;;2*+1/p-2. The summed E-state index contributed by atoms with van der Waals surface area (Å²) in [6, 6.07) is 0. The van der Waals surface area contributed by atoms with E-state index in [2.05, 4.69) is 26.8 Å². The van der Waals surface area contributed by atoms with Crippen LogP contribution in [0.3, 0.4) is 0 Å². The van der Waals surface area contributed by atoms with Crippen LogP contribution in [-0.2, 0) is 9.59 Å². The summed E-state index contributed by atoms with van der Waals surface area (Å²) >= 11 is 1.28. The van der Waals surface area contributed by atoms with Gasteiger partial charge in [-0.3, -0.25) is 0 Å². The van der Waals surface area contributed by atoms with Crippen molar-refractivity contribution in [2.75, 3.05) is 20.1 Å². The van der Waals surface area contributed by atoms with E-state index in [4.69, 9.17) is 19.8 Å². The molecule has 0 N–H and O–H groups in total. The van der Waals surface area contributed by atoms with Gasteiger partial charge in [-0.15, -0.1) is 0 Å². The molecule has 0 fully saturated rings. The number of rotatable bonds is 1. The second kappa shape index (κ2) is 11.8. The van der Waals surface area contributed by atoms with Gasteiger partial charge in [-0.25, -0.2) is 0 Å². The van der Waals surface area contributed by atoms with Crippen LogP contribution in [0.25, 0.3) is 5.57 Å². The van der Waals surface area contributed by atoms with E-state index in [1.165, 1.54) is 17.3 Å². The van der Waals surface area contributed by atoms with Crippen LogP contribution in [0, 0.1) is 0 Å². The quantitative estimate of drug-likeness (QED) is 0.374. The van der Waals surface area contributed by atoms with Crippen LogP contribution in [0.1, 0.15) is 12.1 Å². The first-order chi connectivity index (χ1) is 8.50. The van der Waals surface area contributed by atoms with Gasteiger partial charge in [0.15, 0.2) is 0 Å². The zero-order valence-electron chi connectivity index (χ0n) is 11.7. The van der Waals surface area contributed by atoms with E-state index in [0.717, 1.165) is 25.2 Å². The molecule has 0 aliphatic carbocycles. The Hall–Kier alpha value is 0.200. The minimum atomic E-state index is -2.19. The molecule has 0 aromatic carbocycles. The van der Waals surface area contributed by atoms with E-state index in [-0.39, 0.29) is 59.1 Å². The Morgan fingerprint density at radius 3 is 2.30 bits per heavy atom. The number of hydrogen-bond donors (Lipinski definition) is 0. The summed E-state index contributed by atoms with van der Waals surface area (Å²) in [5.74, 6) is -4.37. The monoisotopic (exact) mass is 315 g/mol. The Morgan fingerprint density at radius 2 is 1.90 bits per heavy atom. The molecule has 2 rings (SSSR count). The van der Waals surface area contributed by atoms with Crippen molar-refractivity contribution in [2.24, 2.45) is 0 Å². The molecule has 1 aromatic rings. The van der Waals surface area contributed by atoms with Crippen LogP contribution in [0.2, 0.25) is 0 Å². The first kappa shape index (κ1) is 22.5. The van der Waals surface area contributed by atoms with Crippen LogP contribution < -0.4 is 69.3 Å². The molecule has 1 aliphatic rings. The van der Waals surface area contributed by atoms with Gasteiger partial charge in [0, 0.05) is 13.1 Å². The van der Waals surface area contributed by atoms with E-state index in [0.29, 0.717) is 0 Å². The molecule has 0 atom stereocenters. The van der Waals surface area contributed by atoms with Crippen molar-refractivity contribution in [3.8, 4) is 0 Å². The Bertz CT molecular complexity index is 441. The number of carboxylic acids is 2. The predicted octanol–water partition coefficient (Wildman–Crippen LogP) is -8.25. The summed E-state index contributed by atoms with van der Waals surface area (Å²) in [4.78, 5) is 20.2. The normalized spacial score (nSPS) is 13.8. The van der Waals surface area contributed by atoms with Crippen molar-refractivity contribution in [3.05, 3.63) is 18.0 Å². The molecule has 0 bridgehead atoms. The van der Waals surface area contributed by atoms with Crippen molar-refractivity contribution in [3.63, 3.8) is 0 Å². The molecule has 0 unspecified atom stereocenters. The van der Waals surface area contributed by atoms with E-state index in [1.54, 1.807) is 0 Å². The largest absolute Gasteiger partial charge is 1.00 e. The zero-order chi connectivity index (χ0) is 13.5. The molecule has 20 heavy (non-hydrogen) atoms. The third-order valence-corrected chi connectivity index (χ3v) is 2.68. The summed E-state index contributed by atoms with van der Waals surface area (Å²) in [5.41, 5.74) is 2.36. The van der Waals surface area contributed by atoms with Crippen LogP contribution in [0.4, 0.5) is 0 Å². The van der Waals surface area contributed by atoms with Gasteiger partial charge in [-0.2, -0.15) is 8.75 Å². The van der Waals surface area contributed by atoms with Gasteiger partial charge in [0.2, 0.25) is 0 Å². The SMILES string of the molecule is CN1CCC=C(c2cnsn2)C1.O=C([O-])C(=O)[O-].[Na+].[Na+]. The minimum absolute atomic E-state index is 0. The number of hydrogen-bond acceptors (Lipinski definition) is 8. The van der Waals surface area contributed by atoms with E-state index >= 15 is 0 Å². The molecule has 1 aromatic heterocycles. The van der Waals surface area contributed by atoms with E-state index in [1.807, 2.05) is 6.20 Å². The van der Waals surface area contributed by atoms with Crippen molar-refractivity contribution in [1.29, 1.82) is 0 Å². The van der Waals surface area contributed by atoms with Gasteiger partial charge in [0.1, 0.15) is 5.69 Å². The number of nitrogens with zero attached hydrogens (tertiary/aromatic N) is 3. The van der Waals surface area contributed by atoms with Gasteiger partial charge in [0.25, 0.3) is 0 Å². The summed E-state index contributed by atoms with van der Waals surface area (Å²) in [6.45, 7) is 2.16. The Balaban J connectivity index is 0. The smallest absolute Gasteiger partial charge is 0.543 e. The third-order valence-electron chi connectivity index (χ3n) is 2.20. The van der Waals surface area contributed by atoms with Gasteiger partial charge >= 0.3 is 59.1 Å². The number of carbonyl (C=O) groups is 2. The van der Waals surface area contributed by atoms with Gasteiger partial charge in [0.05, 0.1) is 29.9 Å². The van der Waals surface area contributed by atoms with E-state index < -0.39 is 11.9 Å². The molecule has 98 valence electrons. The average molecular weight is 315 g/mol. The summed E-state index contributed by atoms with van der Waals surface area (Å²) in [5, 5.41) is 17.9. The maximum atomic E-state index is 8.93. The van der Waals surface area contributed by atoms with Gasteiger partial charge in [-0.1, -0.05) is 6.08 Å². The second-order valence-corrected chi connectivity index (χ2v) is 4.18. The van der Waals surface area contributed by atoms with Crippen molar-refractivity contribution < 1.29 is 78.9 Å². The second-order valence-electron chi connectivity index (χ2n) is 3.62. The Kier molecular flexibility index (Phi) is 13.3. The molecular weight excluding hydrogens is 304 g/mol. The molecule has 0 saturated heterocycles. The molecule has 0 radical (unpaired) electrons. The molecule has 2 heterocycles. The summed E-state index contributed by atoms with van der Waals surface area (Å²) < 4.78 is 8.20. The van der Waals surface area contributed by atoms with E-state index in [9.17, 15) is 0 Å². The van der Waals surface area contributed by atoms with Crippen molar-refractivity contribution in [1.82, 2.24) is 13.6 Å². The maximum Gasteiger partial charge on any atom is 1.00 e. The van der Waals surface area contributed by atoms with Crippen molar-refractivity contribution >= 4 is 29.2 Å². The molecule has 0 amide bonds. The number of likely N-dealkylation sites (N-methyl/N-ethyl adjacent to an activating group) is 1. The summed E-state index contributed by atoms with van der Waals surface area (Å²) in [7, 11) is 2.13. The molecular formula is C10H11N3Na2O4S. The topological polar surface area (TPSA) is 109 Å². The fourth-order valence-electron chi connectivity index (χ4n) is 1.39. The molecule has 1 aliphatic heterocycles. The molecule has 0 spiro atoms. The fourth-order valence-corrected chi connectivity index (χ4v) is 1.83. The maximum absolute atomic E-state index is 8.93. The van der Waals surface area contributed by atoms with Crippen LogP contribution >= 0.6 is 11.7 Å².